The van der Waals surface area contributed by atoms with Crippen molar-refractivity contribution in [3.63, 3.8) is 0 Å². The highest BCUT2D eigenvalue weighted by molar-refractivity contribution is 7.10. The summed E-state index contributed by atoms with van der Waals surface area (Å²) >= 11 is 3.04. The number of rotatable bonds is 6. The van der Waals surface area contributed by atoms with Gasteiger partial charge in [0, 0.05) is 17.2 Å². The highest BCUT2D eigenvalue weighted by Gasteiger charge is 2.11. The molecule has 7 heteroatoms. The third-order valence-corrected chi connectivity index (χ3v) is 4.48. The number of thiazole rings is 2. The molecule has 0 fully saturated rings. The molecule has 0 aliphatic carbocycles. The van der Waals surface area contributed by atoms with Crippen molar-refractivity contribution in [2.75, 3.05) is 6.54 Å². The van der Waals surface area contributed by atoms with E-state index in [0.29, 0.717) is 31.1 Å². The Kier molecular flexibility index (Phi) is 5.22. The second-order valence-electron chi connectivity index (χ2n) is 4.67. The molecule has 2 rings (SSSR count). The van der Waals surface area contributed by atoms with Gasteiger partial charge in [0.15, 0.2) is 0 Å². The van der Waals surface area contributed by atoms with E-state index in [4.69, 9.17) is 5.73 Å². The maximum Gasteiger partial charge on any atom is 0.271 e. The van der Waals surface area contributed by atoms with E-state index in [1.165, 1.54) is 11.3 Å². The molecule has 0 unspecified atom stereocenters. The van der Waals surface area contributed by atoms with Crippen LogP contribution in [0.4, 0.5) is 0 Å². The number of hydrogen-bond acceptors (Lipinski definition) is 6. The Morgan fingerprint density at radius 2 is 2.05 bits per heavy atom. The van der Waals surface area contributed by atoms with Crippen molar-refractivity contribution in [2.45, 2.75) is 32.7 Å². The zero-order chi connectivity index (χ0) is 14.5. The molecule has 0 aromatic carbocycles. The molecule has 2 heterocycles. The van der Waals surface area contributed by atoms with E-state index in [1.807, 2.05) is 5.38 Å². The van der Waals surface area contributed by atoms with E-state index in [-0.39, 0.29) is 5.91 Å². The van der Waals surface area contributed by atoms with Gasteiger partial charge in [-0.1, -0.05) is 13.8 Å². The maximum atomic E-state index is 12.0. The Hall–Kier alpha value is -1.31. The van der Waals surface area contributed by atoms with E-state index in [9.17, 15) is 4.79 Å². The third kappa shape index (κ3) is 3.84. The zero-order valence-corrected chi connectivity index (χ0v) is 13.2. The number of nitrogens with one attached hydrogen (secondary N) is 1. The SMILES string of the molecule is CC(C)c1csc(CNC(=O)c2csc(CCN)n2)n1. The van der Waals surface area contributed by atoms with Crippen molar-refractivity contribution in [1.82, 2.24) is 15.3 Å². The molecule has 5 nitrogen and oxygen atoms in total. The fourth-order valence-electron chi connectivity index (χ4n) is 1.57. The molecule has 0 spiro atoms. The summed E-state index contributed by atoms with van der Waals surface area (Å²) in [7, 11) is 0. The first-order chi connectivity index (χ1) is 9.60. The maximum absolute atomic E-state index is 12.0. The predicted octanol–water partition coefficient (Wildman–Crippen LogP) is 2.15. The lowest BCUT2D eigenvalue weighted by Crippen LogP contribution is -2.23. The average Bonchev–Trinajstić information content (AvgIpc) is 3.05. The molecule has 0 bridgehead atoms. The van der Waals surface area contributed by atoms with Crippen molar-refractivity contribution in [2.24, 2.45) is 5.73 Å². The first-order valence-electron chi connectivity index (χ1n) is 6.47. The van der Waals surface area contributed by atoms with Crippen LogP contribution in [0.5, 0.6) is 0 Å². The Bertz CT molecular complexity index is 576. The third-order valence-electron chi connectivity index (χ3n) is 2.70. The second kappa shape index (κ2) is 6.92. The molecule has 20 heavy (non-hydrogen) atoms. The molecular weight excluding hydrogens is 292 g/mol. The molecule has 0 atom stereocenters. The second-order valence-corrected chi connectivity index (χ2v) is 6.55. The molecule has 2 aromatic heterocycles. The fourth-order valence-corrected chi connectivity index (χ4v) is 3.26. The van der Waals surface area contributed by atoms with Gasteiger partial charge in [0.05, 0.1) is 17.2 Å². The van der Waals surface area contributed by atoms with Crippen LogP contribution in [0.15, 0.2) is 10.8 Å². The summed E-state index contributed by atoms with van der Waals surface area (Å²) in [6, 6.07) is 0. The minimum absolute atomic E-state index is 0.161. The van der Waals surface area contributed by atoms with Crippen LogP contribution in [-0.2, 0) is 13.0 Å². The summed E-state index contributed by atoms with van der Waals surface area (Å²) in [6.45, 7) is 5.20. The first-order valence-corrected chi connectivity index (χ1v) is 8.23. The van der Waals surface area contributed by atoms with Gasteiger partial charge < -0.3 is 11.1 Å². The summed E-state index contributed by atoms with van der Waals surface area (Å²) < 4.78 is 0. The van der Waals surface area contributed by atoms with Crippen molar-refractivity contribution in [3.8, 4) is 0 Å². The quantitative estimate of drug-likeness (QED) is 0.856. The Morgan fingerprint density at radius 3 is 2.70 bits per heavy atom. The number of hydrogen-bond donors (Lipinski definition) is 2. The highest BCUT2D eigenvalue weighted by atomic mass is 32.1. The van der Waals surface area contributed by atoms with E-state index < -0.39 is 0 Å². The number of carbonyl (C=O) groups is 1. The van der Waals surface area contributed by atoms with E-state index in [1.54, 1.807) is 16.7 Å². The van der Waals surface area contributed by atoms with Crippen molar-refractivity contribution < 1.29 is 4.79 Å². The van der Waals surface area contributed by atoms with Gasteiger partial charge >= 0.3 is 0 Å². The number of amides is 1. The topological polar surface area (TPSA) is 80.9 Å². The summed E-state index contributed by atoms with van der Waals surface area (Å²) in [5.41, 5.74) is 6.99. The molecule has 0 radical (unpaired) electrons. The van der Waals surface area contributed by atoms with Crippen LogP contribution >= 0.6 is 22.7 Å². The first kappa shape index (κ1) is 15.1. The van der Waals surface area contributed by atoms with E-state index in [2.05, 4.69) is 29.1 Å². The molecule has 3 N–H and O–H groups in total. The average molecular weight is 310 g/mol. The van der Waals surface area contributed by atoms with Crippen LogP contribution in [-0.4, -0.2) is 22.4 Å². The van der Waals surface area contributed by atoms with Gasteiger partial charge in [-0.05, 0) is 12.5 Å². The largest absolute Gasteiger partial charge is 0.344 e. The molecule has 0 aliphatic heterocycles. The minimum Gasteiger partial charge on any atom is -0.344 e. The molecule has 0 saturated carbocycles. The Labute approximate surface area is 126 Å². The van der Waals surface area contributed by atoms with Gasteiger partial charge in [-0.3, -0.25) is 4.79 Å². The van der Waals surface area contributed by atoms with Crippen molar-refractivity contribution in [1.29, 1.82) is 0 Å². The molecule has 2 aromatic rings. The standard InChI is InChI=1S/C13H18N4OS2/c1-8(2)9-6-20-12(16-9)5-15-13(18)10-7-19-11(17-10)3-4-14/h6-8H,3-5,14H2,1-2H3,(H,15,18). The van der Waals surface area contributed by atoms with Crippen LogP contribution in [0, 0.1) is 0 Å². The monoisotopic (exact) mass is 310 g/mol. The summed E-state index contributed by atoms with van der Waals surface area (Å²) in [4.78, 5) is 20.7. The molecule has 0 saturated heterocycles. The van der Waals surface area contributed by atoms with Crippen molar-refractivity contribution in [3.05, 3.63) is 32.2 Å². The predicted molar refractivity (Wildman–Crippen MR) is 82.2 cm³/mol. The molecule has 0 aliphatic rings. The van der Waals surface area contributed by atoms with Gasteiger partial charge in [0.25, 0.3) is 5.91 Å². The summed E-state index contributed by atoms with van der Waals surface area (Å²) in [6.07, 6.45) is 0.710. The van der Waals surface area contributed by atoms with E-state index in [0.717, 1.165) is 15.7 Å². The lowest BCUT2D eigenvalue weighted by atomic mass is 10.2. The number of carbonyl (C=O) groups excluding carboxylic acids is 1. The van der Waals surface area contributed by atoms with Crippen LogP contribution in [0.25, 0.3) is 0 Å². The van der Waals surface area contributed by atoms with Crippen LogP contribution in [0.2, 0.25) is 0 Å². The van der Waals surface area contributed by atoms with Gasteiger partial charge in [0.1, 0.15) is 10.7 Å². The van der Waals surface area contributed by atoms with Gasteiger partial charge in [0.2, 0.25) is 0 Å². The highest BCUT2D eigenvalue weighted by Crippen LogP contribution is 2.17. The summed E-state index contributed by atoms with van der Waals surface area (Å²) in [5, 5.41) is 8.46. The molecule has 108 valence electrons. The molecule has 1 amide bonds. The van der Waals surface area contributed by atoms with Crippen molar-refractivity contribution >= 4 is 28.6 Å². The Balaban J connectivity index is 1.90. The van der Waals surface area contributed by atoms with Crippen LogP contribution in [0.3, 0.4) is 0 Å². The number of aromatic nitrogens is 2. The number of nitrogens with two attached hydrogens (primary N) is 1. The van der Waals surface area contributed by atoms with Crippen LogP contribution in [0.1, 0.15) is 46.0 Å². The van der Waals surface area contributed by atoms with Crippen LogP contribution < -0.4 is 11.1 Å². The smallest absolute Gasteiger partial charge is 0.271 e. The van der Waals surface area contributed by atoms with E-state index >= 15 is 0 Å². The van der Waals surface area contributed by atoms with Gasteiger partial charge in [-0.25, -0.2) is 9.97 Å². The van der Waals surface area contributed by atoms with Gasteiger partial charge in [-0.2, -0.15) is 0 Å². The zero-order valence-electron chi connectivity index (χ0n) is 11.5. The van der Waals surface area contributed by atoms with Gasteiger partial charge in [-0.15, -0.1) is 22.7 Å². The lowest BCUT2D eigenvalue weighted by Gasteiger charge is -2.00. The molecular formula is C13H18N4OS2. The number of nitrogens with zero attached hydrogens (tertiary/aromatic N) is 2. The lowest BCUT2D eigenvalue weighted by molar-refractivity contribution is 0.0946. The normalized spacial score (nSPS) is 11.0. The Morgan fingerprint density at radius 1 is 1.30 bits per heavy atom. The minimum atomic E-state index is -0.161. The fraction of sp³-hybridized carbons (Fsp3) is 0.462. The summed E-state index contributed by atoms with van der Waals surface area (Å²) in [5.74, 6) is 0.249.